The number of carbonyl (C=O) groups is 1. The molecule has 0 fully saturated rings. The van der Waals surface area contributed by atoms with Crippen molar-refractivity contribution < 1.29 is 4.79 Å². The summed E-state index contributed by atoms with van der Waals surface area (Å²) < 4.78 is 0. The van der Waals surface area contributed by atoms with Gasteiger partial charge in [-0.3, -0.25) is 9.89 Å². The second-order valence-corrected chi connectivity index (χ2v) is 3.37. The molecule has 0 aliphatic heterocycles. The van der Waals surface area contributed by atoms with Gasteiger partial charge in [0, 0.05) is 13.0 Å². The fourth-order valence-corrected chi connectivity index (χ4v) is 1.23. The molecule has 1 aromatic rings. The summed E-state index contributed by atoms with van der Waals surface area (Å²) in [4.78, 5) is 15.3. The Morgan fingerprint density at radius 1 is 1.73 bits per heavy atom. The van der Waals surface area contributed by atoms with Crippen LogP contribution < -0.4 is 11.1 Å². The van der Waals surface area contributed by atoms with Crippen molar-refractivity contribution >= 4 is 5.91 Å². The Labute approximate surface area is 88.7 Å². The van der Waals surface area contributed by atoms with Gasteiger partial charge in [-0.15, -0.1) is 0 Å². The van der Waals surface area contributed by atoms with Crippen molar-refractivity contribution in [1.82, 2.24) is 20.5 Å². The number of aromatic nitrogens is 3. The summed E-state index contributed by atoms with van der Waals surface area (Å²) in [5.74, 6) is 0.663. The van der Waals surface area contributed by atoms with Gasteiger partial charge in [0.05, 0.1) is 6.04 Å². The van der Waals surface area contributed by atoms with Crippen LogP contribution in [-0.2, 0) is 11.2 Å². The number of H-pyrrole nitrogens is 1. The van der Waals surface area contributed by atoms with Crippen molar-refractivity contribution in [3.63, 3.8) is 0 Å². The fourth-order valence-electron chi connectivity index (χ4n) is 1.23. The highest BCUT2D eigenvalue weighted by Crippen LogP contribution is 1.93. The largest absolute Gasteiger partial charge is 0.354 e. The van der Waals surface area contributed by atoms with Crippen LogP contribution in [0.15, 0.2) is 6.33 Å². The molecule has 1 aromatic heterocycles. The minimum Gasteiger partial charge on any atom is -0.354 e. The predicted molar refractivity (Wildman–Crippen MR) is 56.0 cm³/mol. The van der Waals surface area contributed by atoms with Crippen molar-refractivity contribution in [3.05, 3.63) is 12.2 Å². The summed E-state index contributed by atoms with van der Waals surface area (Å²) in [6.45, 7) is 2.53. The minimum absolute atomic E-state index is 0.101. The molecule has 0 radical (unpaired) electrons. The van der Waals surface area contributed by atoms with Crippen LogP contribution in [0.25, 0.3) is 0 Å². The van der Waals surface area contributed by atoms with Gasteiger partial charge in [-0.1, -0.05) is 13.3 Å². The molecule has 1 atom stereocenters. The summed E-state index contributed by atoms with van der Waals surface area (Å²) in [7, 11) is 0. The smallest absolute Gasteiger partial charge is 0.236 e. The molecule has 6 heteroatoms. The maximum Gasteiger partial charge on any atom is 0.236 e. The van der Waals surface area contributed by atoms with E-state index in [0.29, 0.717) is 19.4 Å². The third-order valence-corrected chi connectivity index (χ3v) is 2.06. The Balaban J connectivity index is 2.17. The van der Waals surface area contributed by atoms with Crippen LogP contribution in [0.1, 0.15) is 25.6 Å². The second-order valence-electron chi connectivity index (χ2n) is 3.37. The van der Waals surface area contributed by atoms with E-state index >= 15 is 0 Å². The topological polar surface area (TPSA) is 96.7 Å². The summed E-state index contributed by atoms with van der Waals surface area (Å²) in [5.41, 5.74) is 5.64. The number of hydrogen-bond donors (Lipinski definition) is 3. The van der Waals surface area contributed by atoms with E-state index in [0.717, 1.165) is 12.2 Å². The van der Waals surface area contributed by atoms with E-state index in [1.807, 2.05) is 6.92 Å². The SMILES string of the molecule is CCC[C@H](N)C(=O)NCCc1ncn[nH]1. The lowest BCUT2D eigenvalue weighted by atomic mass is 10.2. The Kier molecular flexibility index (Phi) is 4.76. The Morgan fingerprint density at radius 2 is 2.53 bits per heavy atom. The average Bonchev–Trinajstić information content (AvgIpc) is 2.71. The second kappa shape index (κ2) is 6.13. The predicted octanol–water partition coefficient (Wildman–Crippen LogP) is -0.409. The number of aromatic amines is 1. The average molecular weight is 211 g/mol. The van der Waals surface area contributed by atoms with Crippen molar-refractivity contribution in [2.45, 2.75) is 32.2 Å². The van der Waals surface area contributed by atoms with E-state index in [1.54, 1.807) is 0 Å². The van der Waals surface area contributed by atoms with Crippen LogP contribution in [0.2, 0.25) is 0 Å². The third kappa shape index (κ3) is 4.07. The van der Waals surface area contributed by atoms with E-state index in [4.69, 9.17) is 5.73 Å². The molecule has 6 nitrogen and oxygen atoms in total. The number of rotatable bonds is 6. The zero-order chi connectivity index (χ0) is 11.1. The summed E-state index contributed by atoms with van der Waals surface area (Å²) in [6, 6.07) is -0.398. The summed E-state index contributed by atoms with van der Waals surface area (Å²) in [6.07, 6.45) is 3.72. The minimum atomic E-state index is -0.398. The monoisotopic (exact) mass is 211 g/mol. The molecular formula is C9H17N5O. The normalized spacial score (nSPS) is 12.4. The highest BCUT2D eigenvalue weighted by atomic mass is 16.2. The van der Waals surface area contributed by atoms with Gasteiger partial charge in [0.1, 0.15) is 12.2 Å². The van der Waals surface area contributed by atoms with Gasteiger partial charge < -0.3 is 11.1 Å². The Bertz CT molecular complexity index is 285. The maximum absolute atomic E-state index is 11.4. The molecule has 4 N–H and O–H groups in total. The molecule has 0 aromatic carbocycles. The van der Waals surface area contributed by atoms with Crippen molar-refractivity contribution in [1.29, 1.82) is 0 Å². The zero-order valence-electron chi connectivity index (χ0n) is 8.86. The lowest BCUT2D eigenvalue weighted by Gasteiger charge is -2.10. The van der Waals surface area contributed by atoms with E-state index in [2.05, 4.69) is 20.5 Å². The van der Waals surface area contributed by atoms with Gasteiger partial charge >= 0.3 is 0 Å². The molecule has 0 unspecified atom stereocenters. The summed E-state index contributed by atoms with van der Waals surface area (Å²) in [5, 5.41) is 9.19. The number of nitrogens with zero attached hydrogens (tertiary/aromatic N) is 2. The molecule has 0 aliphatic rings. The number of nitrogens with one attached hydrogen (secondary N) is 2. The molecular weight excluding hydrogens is 194 g/mol. The Hall–Kier alpha value is -1.43. The van der Waals surface area contributed by atoms with Crippen molar-refractivity contribution in [3.8, 4) is 0 Å². The molecule has 0 saturated heterocycles. The van der Waals surface area contributed by atoms with Gasteiger partial charge in [-0.05, 0) is 6.42 Å². The maximum atomic E-state index is 11.4. The first-order valence-electron chi connectivity index (χ1n) is 5.11. The standard InChI is InChI=1S/C9H17N5O/c1-2-3-7(10)9(15)11-5-4-8-12-6-13-14-8/h6-7H,2-5,10H2,1H3,(H,11,15)(H,12,13,14)/t7-/m0/s1. The van der Waals surface area contributed by atoms with E-state index in [9.17, 15) is 4.79 Å². The fraction of sp³-hybridized carbons (Fsp3) is 0.667. The third-order valence-electron chi connectivity index (χ3n) is 2.06. The number of amides is 1. The molecule has 84 valence electrons. The molecule has 15 heavy (non-hydrogen) atoms. The Morgan fingerprint density at radius 3 is 3.13 bits per heavy atom. The van der Waals surface area contributed by atoms with E-state index < -0.39 is 6.04 Å². The lowest BCUT2D eigenvalue weighted by molar-refractivity contribution is -0.122. The van der Waals surface area contributed by atoms with Gasteiger partial charge in [-0.25, -0.2) is 4.98 Å². The van der Waals surface area contributed by atoms with E-state index in [1.165, 1.54) is 6.33 Å². The molecule has 0 saturated carbocycles. The zero-order valence-corrected chi connectivity index (χ0v) is 8.86. The van der Waals surface area contributed by atoms with Crippen LogP contribution in [0.3, 0.4) is 0 Å². The van der Waals surface area contributed by atoms with Crippen LogP contribution >= 0.6 is 0 Å². The van der Waals surface area contributed by atoms with Crippen molar-refractivity contribution in [2.75, 3.05) is 6.54 Å². The summed E-state index contributed by atoms with van der Waals surface area (Å²) >= 11 is 0. The first-order valence-corrected chi connectivity index (χ1v) is 5.11. The molecule has 1 amide bonds. The number of nitrogens with two attached hydrogens (primary N) is 1. The van der Waals surface area contributed by atoms with Crippen LogP contribution in [0.4, 0.5) is 0 Å². The van der Waals surface area contributed by atoms with Crippen LogP contribution in [-0.4, -0.2) is 33.7 Å². The molecule has 0 spiro atoms. The van der Waals surface area contributed by atoms with Gasteiger partial charge in [-0.2, -0.15) is 5.10 Å². The van der Waals surface area contributed by atoms with Crippen molar-refractivity contribution in [2.24, 2.45) is 5.73 Å². The van der Waals surface area contributed by atoms with Gasteiger partial charge in [0.2, 0.25) is 5.91 Å². The lowest BCUT2D eigenvalue weighted by Crippen LogP contribution is -2.41. The first kappa shape index (κ1) is 11.6. The quantitative estimate of drug-likeness (QED) is 0.596. The molecule has 0 bridgehead atoms. The molecule has 1 rings (SSSR count). The van der Waals surface area contributed by atoms with Crippen LogP contribution in [0.5, 0.6) is 0 Å². The number of hydrogen-bond acceptors (Lipinski definition) is 4. The van der Waals surface area contributed by atoms with Gasteiger partial charge in [0.25, 0.3) is 0 Å². The highest BCUT2D eigenvalue weighted by molar-refractivity contribution is 5.81. The van der Waals surface area contributed by atoms with Gasteiger partial charge in [0.15, 0.2) is 0 Å². The van der Waals surface area contributed by atoms with E-state index in [-0.39, 0.29) is 5.91 Å². The first-order chi connectivity index (χ1) is 7.24. The molecule has 0 aliphatic carbocycles. The number of carbonyl (C=O) groups excluding carboxylic acids is 1. The highest BCUT2D eigenvalue weighted by Gasteiger charge is 2.11. The van der Waals surface area contributed by atoms with Crippen LogP contribution in [0, 0.1) is 0 Å². The molecule has 1 heterocycles.